The number of hydrogen-bond acceptors (Lipinski definition) is 14. The predicted octanol–water partition coefficient (Wildman–Crippen LogP) is 4.18. The molecule has 6 unspecified atom stereocenters. The van der Waals surface area contributed by atoms with Gasteiger partial charge in [-0.1, -0.05) is 0 Å². The fourth-order valence-electron chi connectivity index (χ4n) is 14.4. The molecule has 12 saturated carbocycles. The van der Waals surface area contributed by atoms with Crippen molar-refractivity contribution in [2.24, 2.45) is 69.5 Å². The second kappa shape index (κ2) is 12.6. The lowest BCUT2D eigenvalue weighted by Gasteiger charge is -2.65. The third-order valence-corrected chi connectivity index (χ3v) is 16.6. The van der Waals surface area contributed by atoms with Crippen LogP contribution in [0.4, 0.5) is 8.78 Å². The normalized spacial score (nSPS) is 48.5. The van der Waals surface area contributed by atoms with Crippen LogP contribution < -0.4 is 5.26 Å². The fraction of sp³-hybridized carbons (Fsp3) is 0.872. The molecule has 0 aromatic rings. The molecule has 0 aromatic carbocycles. The first-order valence-electron chi connectivity index (χ1n) is 20.1. The molecule has 0 N–H and O–H groups in total. The van der Waals surface area contributed by atoms with E-state index in [9.17, 15) is 38.0 Å². The first-order chi connectivity index (χ1) is 26.2. The lowest BCUT2D eigenvalue weighted by Crippen LogP contribution is -2.69. The summed E-state index contributed by atoms with van der Waals surface area (Å²) in [7, 11) is 0. The van der Waals surface area contributed by atoms with Crippen molar-refractivity contribution in [3.05, 3.63) is 0 Å². The summed E-state index contributed by atoms with van der Waals surface area (Å²) in [5.74, 6) is -3.25. The van der Waals surface area contributed by atoms with Crippen LogP contribution in [0.3, 0.4) is 0 Å². The smallest absolute Gasteiger partial charge is 0.415 e. The molecule has 16 heteroatoms. The molecule has 302 valence electrons. The number of ketones is 2. The molecule has 12 bridgehead atoms. The van der Waals surface area contributed by atoms with Crippen LogP contribution in [0.25, 0.3) is 0 Å². The highest BCUT2D eigenvalue weighted by molar-refractivity contribution is 7.96. The Labute approximate surface area is 320 Å². The summed E-state index contributed by atoms with van der Waals surface area (Å²) in [6.45, 7) is -0.159. The zero-order chi connectivity index (χ0) is 38.2. The van der Waals surface area contributed by atoms with E-state index >= 15 is 0 Å². The fourth-order valence-corrected chi connectivity index (χ4v) is 14.6. The Morgan fingerprint density at radius 2 is 1.15 bits per heavy atom. The monoisotopic (exact) mass is 793 g/mol. The zero-order valence-corrected chi connectivity index (χ0v) is 31.4. The summed E-state index contributed by atoms with van der Waals surface area (Å²) in [6.07, 6.45) is 9.00. The molecule has 13 nitrogen and oxygen atoms in total. The minimum Gasteiger partial charge on any atom is -0.691 e. The van der Waals surface area contributed by atoms with Crippen molar-refractivity contribution in [2.45, 2.75) is 113 Å². The Balaban J connectivity index is 0.860. The van der Waals surface area contributed by atoms with Gasteiger partial charge >= 0.3 is 23.2 Å². The van der Waals surface area contributed by atoms with Crippen LogP contribution >= 0.6 is 12.0 Å². The lowest BCUT2D eigenvalue weighted by molar-refractivity contribution is -0.777. The summed E-state index contributed by atoms with van der Waals surface area (Å²) < 4.78 is 64.0. The minimum atomic E-state index is -4.16. The van der Waals surface area contributed by atoms with Crippen molar-refractivity contribution in [1.82, 2.24) is 0 Å². The topological polar surface area (TPSA) is 173 Å². The highest BCUT2D eigenvalue weighted by Gasteiger charge is 2.69. The van der Waals surface area contributed by atoms with Crippen LogP contribution in [-0.4, -0.2) is 72.5 Å². The van der Waals surface area contributed by atoms with Crippen molar-refractivity contribution in [2.75, 3.05) is 26.4 Å². The molecule has 12 aliphatic carbocycles. The van der Waals surface area contributed by atoms with Gasteiger partial charge in [-0.2, -0.15) is 13.1 Å². The summed E-state index contributed by atoms with van der Waals surface area (Å²) in [4.78, 5) is 66.4. The van der Waals surface area contributed by atoms with Gasteiger partial charge in [0.2, 0.25) is 0 Å². The van der Waals surface area contributed by atoms with Crippen LogP contribution in [0.1, 0.15) is 96.3 Å². The molecule has 1 spiro atoms. The molecule has 1 heterocycles. The van der Waals surface area contributed by atoms with Crippen molar-refractivity contribution in [3.8, 4) is 0 Å². The third kappa shape index (κ3) is 5.79. The number of Topliss-reactive ketones (excluding diaryl/α,β-unsaturated/α-hetero) is 2. The quantitative estimate of drug-likeness (QED) is 0.0959. The number of ether oxygens (including phenoxy) is 5. The van der Waals surface area contributed by atoms with Crippen LogP contribution in [0, 0.1) is 69.5 Å². The molecule has 0 radical (unpaired) electrons. The van der Waals surface area contributed by atoms with Crippen LogP contribution in [0.2, 0.25) is 0 Å². The maximum Gasteiger partial charge on any atom is 0.415 e. The highest BCUT2D eigenvalue weighted by Crippen LogP contribution is 2.65. The maximum absolute atomic E-state index is 14.4. The summed E-state index contributed by atoms with van der Waals surface area (Å²) >= 11 is -0.712. The summed E-state index contributed by atoms with van der Waals surface area (Å²) in [5.41, 5.74) is -3.62. The van der Waals surface area contributed by atoms with Gasteiger partial charge in [0.1, 0.15) is 42.4 Å². The van der Waals surface area contributed by atoms with E-state index in [0.29, 0.717) is 69.6 Å². The second-order valence-electron chi connectivity index (χ2n) is 19.7. The van der Waals surface area contributed by atoms with Gasteiger partial charge < -0.3 is 28.9 Å². The van der Waals surface area contributed by atoms with E-state index in [1.54, 1.807) is 0 Å². The van der Waals surface area contributed by atoms with Crippen LogP contribution in [0.5, 0.6) is 0 Å². The first-order valence-corrected chi connectivity index (χ1v) is 20.9. The van der Waals surface area contributed by atoms with E-state index in [0.717, 1.165) is 25.7 Å². The number of hydrogen-bond donors (Lipinski definition) is 0. The van der Waals surface area contributed by atoms with E-state index in [-0.39, 0.29) is 104 Å². The molecule has 1 saturated heterocycles. The molecule has 6 atom stereocenters. The number of carbonyl (C=O) groups is 5. The standard InChI is InChI=1S/C39H48F2O13S/c40-39(41,55-54-53-47)33(46)52-37-9-22-5-27(14-37)38(28(6-22)15-37)50-18-34(19-51-38,16-48-31(44)35-7-20-1-23(10-35)29(42)24(2-20)11-35)17-49-32(45)36-8-21-3-25(12-36)30(43)26(4-21)13-36/h20-28,47H,1-19H2/p-1. The molecule has 1 aliphatic heterocycles. The van der Waals surface area contributed by atoms with E-state index in [2.05, 4.69) is 9.37 Å². The van der Waals surface area contributed by atoms with Gasteiger partial charge in [0, 0.05) is 35.5 Å². The summed E-state index contributed by atoms with van der Waals surface area (Å²) in [5, 5.41) is 8.97. The molecule has 13 rings (SSSR count). The van der Waals surface area contributed by atoms with E-state index in [4.69, 9.17) is 23.7 Å². The van der Waals surface area contributed by atoms with Crippen LogP contribution in [0.15, 0.2) is 0 Å². The second-order valence-corrected chi connectivity index (χ2v) is 20.5. The Kier molecular flexibility index (Phi) is 8.51. The van der Waals surface area contributed by atoms with Crippen molar-refractivity contribution < 1.29 is 71.1 Å². The largest absolute Gasteiger partial charge is 0.691 e. The zero-order valence-electron chi connectivity index (χ0n) is 30.6. The SMILES string of the molecule is O=C1C2CC3CC1CC(C(=O)OCC1(COC(=O)C45CC6CC(C4)C(=O)C(C6)C5)COC4(OC1)C1CC5CC4CC(OC(=O)C(F)(F)SOO[O-])(C5)C1)(C3)C2. The van der Waals surface area contributed by atoms with E-state index < -0.39 is 50.9 Å². The molecular weight excluding hydrogens is 746 g/mol. The van der Waals surface area contributed by atoms with Crippen LogP contribution in [-0.2, 0) is 57.0 Å². The van der Waals surface area contributed by atoms with Gasteiger partial charge in [-0.3, -0.25) is 24.2 Å². The summed E-state index contributed by atoms with van der Waals surface area (Å²) in [6, 6.07) is 0. The molecular formula is C39H47F2O13S-. The highest BCUT2D eigenvalue weighted by atomic mass is 32.2. The lowest BCUT2D eigenvalue weighted by atomic mass is 9.49. The number of carbonyl (C=O) groups excluding carboxylic acids is 5. The molecule has 0 aromatic heterocycles. The Morgan fingerprint density at radius 1 is 0.691 bits per heavy atom. The Bertz CT molecular complexity index is 1550. The molecule has 13 aliphatic rings. The van der Waals surface area contributed by atoms with Gasteiger partial charge in [0.05, 0.1) is 29.5 Å². The van der Waals surface area contributed by atoms with Crippen molar-refractivity contribution in [1.29, 1.82) is 0 Å². The van der Waals surface area contributed by atoms with Crippen molar-refractivity contribution >= 4 is 41.5 Å². The predicted molar refractivity (Wildman–Crippen MR) is 178 cm³/mol. The van der Waals surface area contributed by atoms with Gasteiger partial charge in [-0.05, 0) is 114 Å². The minimum absolute atomic E-state index is 0.0397. The average Bonchev–Trinajstić information content (AvgIpc) is 3.15. The Morgan fingerprint density at radius 3 is 1.60 bits per heavy atom. The molecule has 0 amide bonds. The van der Waals surface area contributed by atoms with Gasteiger partial charge in [0.15, 0.2) is 5.79 Å². The van der Waals surface area contributed by atoms with Gasteiger partial charge in [-0.15, -0.1) is 0 Å². The number of rotatable bonds is 11. The third-order valence-electron chi connectivity index (χ3n) is 16.1. The number of halogens is 2. The molecule has 13 fully saturated rings. The van der Waals surface area contributed by atoms with Gasteiger partial charge in [0.25, 0.3) is 0 Å². The number of alkyl halides is 2. The molecule has 55 heavy (non-hydrogen) atoms. The van der Waals surface area contributed by atoms with Crippen molar-refractivity contribution in [3.63, 3.8) is 0 Å². The maximum atomic E-state index is 14.4. The van der Waals surface area contributed by atoms with E-state index in [1.165, 1.54) is 0 Å². The van der Waals surface area contributed by atoms with E-state index in [1.807, 2.05) is 0 Å². The average molecular weight is 794 g/mol. The van der Waals surface area contributed by atoms with Gasteiger partial charge in [-0.25, -0.2) is 4.79 Å². The Hall–Kier alpha value is -2.24. The number of esters is 3. The first kappa shape index (κ1) is 37.1.